The zero-order valence-corrected chi connectivity index (χ0v) is 12.2. The topological polar surface area (TPSA) is 62.8 Å². The molecule has 1 N–H and O–H groups in total. The predicted molar refractivity (Wildman–Crippen MR) is 80.4 cm³/mol. The first kappa shape index (κ1) is 14.3. The number of aliphatic hydroxyl groups is 1. The van der Waals surface area contributed by atoms with E-state index in [-0.39, 0.29) is 12.3 Å². The standard InChI is InChI=1S/C15H22N4O2/c20-12-4-3-8-17(13-6-7-13)10-11-19-15(21)18-9-2-1-5-14(18)16-19/h1-2,5,9,13,20H,3-4,6-8,10-12H2. The minimum absolute atomic E-state index is 0.0725. The number of unbranched alkanes of at least 4 members (excludes halogenated alkanes) is 1. The fraction of sp³-hybridized carbons (Fsp3) is 0.600. The van der Waals surface area contributed by atoms with Crippen LogP contribution in [0.4, 0.5) is 0 Å². The van der Waals surface area contributed by atoms with Crippen LogP contribution in [0.5, 0.6) is 0 Å². The van der Waals surface area contributed by atoms with E-state index in [9.17, 15) is 4.79 Å². The molecule has 3 rings (SSSR count). The number of aromatic nitrogens is 3. The smallest absolute Gasteiger partial charge is 0.350 e. The maximum absolute atomic E-state index is 12.2. The highest BCUT2D eigenvalue weighted by atomic mass is 16.2. The van der Waals surface area contributed by atoms with Gasteiger partial charge in [0.05, 0.1) is 6.54 Å². The Labute approximate surface area is 123 Å². The number of fused-ring (bicyclic) bond motifs is 1. The lowest BCUT2D eigenvalue weighted by Gasteiger charge is -2.21. The molecule has 21 heavy (non-hydrogen) atoms. The van der Waals surface area contributed by atoms with E-state index < -0.39 is 0 Å². The highest BCUT2D eigenvalue weighted by Gasteiger charge is 2.28. The van der Waals surface area contributed by atoms with Crippen LogP contribution in [0.15, 0.2) is 29.2 Å². The van der Waals surface area contributed by atoms with Crippen LogP contribution >= 0.6 is 0 Å². The second-order valence-electron chi connectivity index (χ2n) is 5.63. The van der Waals surface area contributed by atoms with Gasteiger partial charge in [-0.05, 0) is 44.4 Å². The molecule has 114 valence electrons. The van der Waals surface area contributed by atoms with Crippen molar-refractivity contribution in [3.05, 3.63) is 34.9 Å². The van der Waals surface area contributed by atoms with E-state index in [4.69, 9.17) is 5.11 Å². The maximum Gasteiger partial charge on any atom is 0.350 e. The number of hydrogen-bond donors (Lipinski definition) is 1. The first-order valence-corrected chi connectivity index (χ1v) is 7.69. The molecule has 1 fully saturated rings. The third kappa shape index (κ3) is 3.33. The van der Waals surface area contributed by atoms with Crippen molar-refractivity contribution in [1.82, 2.24) is 19.1 Å². The van der Waals surface area contributed by atoms with Crippen molar-refractivity contribution in [3.63, 3.8) is 0 Å². The fourth-order valence-corrected chi connectivity index (χ4v) is 2.68. The number of rotatable bonds is 8. The van der Waals surface area contributed by atoms with Gasteiger partial charge in [-0.15, -0.1) is 5.10 Å². The molecule has 0 radical (unpaired) electrons. The Hall–Kier alpha value is -1.66. The van der Waals surface area contributed by atoms with Crippen molar-refractivity contribution in [2.24, 2.45) is 0 Å². The van der Waals surface area contributed by atoms with Gasteiger partial charge >= 0.3 is 5.69 Å². The molecule has 0 amide bonds. The average molecular weight is 290 g/mol. The van der Waals surface area contributed by atoms with Gasteiger partial charge in [0.1, 0.15) is 0 Å². The zero-order valence-electron chi connectivity index (χ0n) is 12.2. The Morgan fingerprint density at radius 3 is 2.86 bits per heavy atom. The van der Waals surface area contributed by atoms with Crippen LogP contribution in [0.25, 0.3) is 5.65 Å². The van der Waals surface area contributed by atoms with Crippen molar-refractivity contribution in [3.8, 4) is 0 Å². The highest BCUT2D eigenvalue weighted by molar-refractivity contribution is 5.35. The van der Waals surface area contributed by atoms with Crippen LogP contribution in [-0.2, 0) is 6.54 Å². The maximum atomic E-state index is 12.2. The van der Waals surface area contributed by atoms with Crippen molar-refractivity contribution >= 4 is 5.65 Å². The molecule has 0 aliphatic heterocycles. The fourth-order valence-electron chi connectivity index (χ4n) is 2.68. The van der Waals surface area contributed by atoms with E-state index in [2.05, 4.69) is 10.00 Å². The van der Waals surface area contributed by atoms with Gasteiger partial charge in [-0.3, -0.25) is 9.30 Å². The van der Waals surface area contributed by atoms with E-state index in [0.29, 0.717) is 18.2 Å². The molecule has 0 aromatic carbocycles. The average Bonchev–Trinajstić information content (AvgIpc) is 3.29. The summed E-state index contributed by atoms with van der Waals surface area (Å²) in [6, 6.07) is 6.23. The van der Waals surface area contributed by atoms with Crippen LogP contribution < -0.4 is 5.69 Å². The second kappa shape index (κ2) is 6.41. The summed E-state index contributed by atoms with van der Waals surface area (Å²) < 4.78 is 3.13. The Bertz CT molecular complexity index is 644. The number of nitrogens with zero attached hydrogens (tertiary/aromatic N) is 4. The van der Waals surface area contributed by atoms with Gasteiger partial charge in [0.25, 0.3) is 0 Å². The molecule has 1 aliphatic carbocycles. The summed E-state index contributed by atoms with van der Waals surface area (Å²) in [6.45, 7) is 2.72. The number of hydrogen-bond acceptors (Lipinski definition) is 4. The lowest BCUT2D eigenvalue weighted by Crippen LogP contribution is -2.33. The first-order chi connectivity index (χ1) is 10.3. The quantitative estimate of drug-likeness (QED) is 0.728. The summed E-state index contributed by atoms with van der Waals surface area (Å²) in [6.07, 6.45) is 6.10. The minimum Gasteiger partial charge on any atom is -0.396 e. The lowest BCUT2D eigenvalue weighted by atomic mass is 10.3. The number of pyridine rings is 1. The molecule has 2 aromatic rings. The molecule has 2 heterocycles. The van der Waals surface area contributed by atoms with Crippen molar-refractivity contribution in [2.45, 2.75) is 38.3 Å². The van der Waals surface area contributed by atoms with Crippen LogP contribution in [-0.4, -0.2) is 49.9 Å². The normalized spacial score (nSPS) is 15.1. The summed E-state index contributed by atoms with van der Waals surface area (Å²) in [7, 11) is 0. The van der Waals surface area contributed by atoms with E-state index in [0.717, 1.165) is 25.9 Å². The van der Waals surface area contributed by atoms with Crippen molar-refractivity contribution < 1.29 is 5.11 Å². The van der Waals surface area contributed by atoms with Gasteiger partial charge < -0.3 is 5.11 Å². The van der Waals surface area contributed by atoms with E-state index >= 15 is 0 Å². The van der Waals surface area contributed by atoms with Gasteiger partial charge in [-0.25, -0.2) is 9.48 Å². The van der Waals surface area contributed by atoms with Crippen LogP contribution in [0, 0.1) is 0 Å². The molecule has 1 saturated carbocycles. The molecule has 0 atom stereocenters. The van der Waals surface area contributed by atoms with Crippen LogP contribution in [0.1, 0.15) is 25.7 Å². The van der Waals surface area contributed by atoms with Gasteiger partial charge in [0, 0.05) is 25.4 Å². The SMILES string of the molecule is O=c1n(CCN(CCCCO)C2CC2)nc2ccccn12. The number of aliphatic hydroxyl groups excluding tert-OH is 1. The second-order valence-corrected chi connectivity index (χ2v) is 5.63. The van der Waals surface area contributed by atoms with Gasteiger partial charge in [0.15, 0.2) is 5.65 Å². The monoisotopic (exact) mass is 290 g/mol. The van der Waals surface area contributed by atoms with Crippen LogP contribution in [0.2, 0.25) is 0 Å². The summed E-state index contributed by atoms with van der Waals surface area (Å²) in [5, 5.41) is 13.2. The molecule has 2 aromatic heterocycles. The van der Waals surface area contributed by atoms with Crippen molar-refractivity contribution in [2.75, 3.05) is 19.7 Å². The molecule has 6 nitrogen and oxygen atoms in total. The third-order valence-corrected chi connectivity index (χ3v) is 4.00. The lowest BCUT2D eigenvalue weighted by molar-refractivity contribution is 0.225. The molecule has 0 spiro atoms. The van der Waals surface area contributed by atoms with E-state index in [1.165, 1.54) is 12.8 Å². The Morgan fingerprint density at radius 2 is 2.14 bits per heavy atom. The third-order valence-electron chi connectivity index (χ3n) is 4.00. The molecule has 0 unspecified atom stereocenters. The van der Waals surface area contributed by atoms with Crippen LogP contribution in [0.3, 0.4) is 0 Å². The molecule has 0 saturated heterocycles. The van der Waals surface area contributed by atoms with Crippen molar-refractivity contribution in [1.29, 1.82) is 0 Å². The summed E-state index contributed by atoms with van der Waals surface area (Å²) in [5.74, 6) is 0. The van der Waals surface area contributed by atoms with Gasteiger partial charge in [0.2, 0.25) is 0 Å². The molecular formula is C15H22N4O2. The Kier molecular flexibility index (Phi) is 4.36. The Morgan fingerprint density at radius 1 is 1.29 bits per heavy atom. The molecular weight excluding hydrogens is 268 g/mol. The summed E-state index contributed by atoms with van der Waals surface area (Å²) in [5.41, 5.74) is 0.623. The predicted octanol–water partition coefficient (Wildman–Crippen LogP) is 0.733. The molecule has 6 heteroatoms. The first-order valence-electron chi connectivity index (χ1n) is 7.69. The van der Waals surface area contributed by atoms with Gasteiger partial charge in [-0.2, -0.15) is 0 Å². The van der Waals surface area contributed by atoms with E-state index in [1.807, 2.05) is 18.2 Å². The molecule has 1 aliphatic rings. The van der Waals surface area contributed by atoms with Gasteiger partial charge in [-0.1, -0.05) is 6.07 Å². The van der Waals surface area contributed by atoms with E-state index in [1.54, 1.807) is 15.3 Å². The highest BCUT2D eigenvalue weighted by Crippen LogP contribution is 2.26. The largest absolute Gasteiger partial charge is 0.396 e. The summed E-state index contributed by atoms with van der Waals surface area (Å²) in [4.78, 5) is 14.6. The summed E-state index contributed by atoms with van der Waals surface area (Å²) >= 11 is 0. The zero-order chi connectivity index (χ0) is 14.7. The minimum atomic E-state index is -0.0725. The Balaban J connectivity index is 1.64. The molecule has 0 bridgehead atoms.